The number of amides is 1. The smallest absolute Gasteiger partial charge is 0.331 e. The molecule has 0 bridgehead atoms. The van der Waals surface area contributed by atoms with Gasteiger partial charge in [-0.1, -0.05) is 38.1 Å². The largest absolute Gasteiger partial charge is 0.479 e. The molecule has 1 aliphatic rings. The molecular weight excluding hydrogens is 330 g/mol. The highest BCUT2D eigenvalue weighted by molar-refractivity contribution is 5.95. The Morgan fingerprint density at radius 1 is 1.27 bits per heavy atom. The van der Waals surface area contributed by atoms with E-state index >= 15 is 0 Å². The lowest BCUT2D eigenvalue weighted by Crippen LogP contribution is -2.43. The average Bonchev–Trinajstić information content (AvgIpc) is 3.02. The summed E-state index contributed by atoms with van der Waals surface area (Å²) in [5, 5.41) is 14.3. The molecule has 1 unspecified atom stereocenters. The number of aliphatic carboxylic acids is 1. The summed E-state index contributed by atoms with van der Waals surface area (Å²) in [6, 6.07) is 8.48. The first-order valence-corrected chi connectivity index (χ1v) is 9.15. The molecule has 0 aliphatic carbocycles. The second-order valence-corrected chi connectivity index (χ2v) is 6.77. The number of aryl methyl sites for hydroxylation is 1. The third-order valence-corrected chi connectivity index (χ3v) is 5.21. The van der Waals surface area contributed by atoms with E-state index in [2.05, 4.69) is 18.9 Å². The molecule has 6 nitrogen and oxygen atoms in total. The minimum Gasteiger partial charge on any atom is -0.479 e. The number of hydrogen-bond acceptors (Lipinski definition) is 3. The van der Waals surface area contributed by atoms with Gasteiger partial charge in [0.15, 0.2) is 11.7 Å². The standard InChI is InChI=1S/C20H25N3O3/c1-4-15(5-2)23-13(3)12-17(21-23)19(24)22-11-10-14-8-6-7-9-16(14)18(22)20(25)26/h6-9,12,15,18H,4-5,10-11H2,1-3H3,(H,25,26). The Labute approximate surface area is 153 Å². The molecule has 0 fully saturated rings. The maximum Gasteiger partial charge on any atom is 0.331 e. The Morgan fingerprint density at radius 3 is 2.62 bits per heavy atom. The number of nitrogens with zero attached hydrogens (tertiary/aromatic N) is 3. The zero-order valence-electron chi connectivity index (χ0n) is 15.5. The van der Waals surface area contributed by atoms with Crippen LogP contribution in [0.1, 0.15) is 66.1 Å². The van der Waals surface area contributed by atoms with Crippen LogP contribution in [0, 0.1) is 6.92 Å². The summed E-state index contributed by atoms with van der Waals surface area (Å²) in [7, 11) is 0. The van der Waals surface area contributed by atoms with Gasteiger partial charge in [-0.25, -0.2) is 4.79 Å². The fraction of sp³-hybridized carbons (Fsp3) is 0.450. The number of carboxylic acids is 1. The topological polar surface area (TPSA) is 75.4 Å². The molecule has 1 aromatic heterocycles. The summed E-state index contributed by atoms with van der Waals surface area (Å²) >= 11 is 0. The lowest BCUT2D eigenvalue weighted by atomic mass is 9.92. The van der Waals surface area contributed by atoms with Gasteiger partial charge in [-0.15, -0.1) is 0 Å². The van der Waals surface area contributed by atoms with Crippen molar-refractivity contribution >= 4 is 11.9 Å². The van der Waals surface area contributed by atoms with E-state index in [1.807, 2.05) is 29.8 Å². The number of carbonyl (C=O) groups is 2. The Balaban J connectivity index is 1.95. The number of fused-ring (bicyclic) bond motifs is 1. The maximum atomic E-state index is 13.1. The number of carbonyl (C=O) groups excluding carboxylic acids is 1. The molecule has 0 saturated carbocycles. The summed E-state index contributed by atoms with van der Waals surface area (Å²) < 4.78 is 1.89. The van der Waals surface area contributed by atoms with Crippen LogP contribution >= 0.6 is 0 Å². The summed E-state index contributed by atoms with van der Waals surface area (Å²) in [6.07, 6.45) is 2.51. The van der Waals surface area contributed by atoms with Gasteiger partial charge in [-0.3, -0.25) is 9.48 Å². The Bertz CT molecular complexity index is 823. The first-order chi connectivity index (χ1) is 12.5. The SMILES string of the molecule is CCC(CC)n1nc(C(=O)N2CCc3ccccc3C2C(=O)O)cc1C. The lowest BCUT2D eigenvalue weighted by molar-refractivity contribution is -0.143. The molecule has 2 heterocycles. The molecule has 26 heavy (non-hydrogen) atoms. The molecule has 1 amide bonds. The highest BCUT2D eigenvalue weighted by Gasteiger charge is 2.37. The lowest BCUT2D eigenvalue weighted by Gasteiger charge is -2.34. The molecule has 138 valence electrons. The predicted octanol–water partition coefficient (Wildman–Crippen LogP) is 3.38. The van der Waals surface area contributed by atoms with Gasteiger partial charge in [-0.2, -0.15) is 5.10 Å². The summed E-state index contributed by atoms with van der Waals surface area (Å²) in [5.41, 5.74) is 2.92. The first-order valence-electron chi connectivity index (χ1n) is 9.15. The van der Waals surface area contributed by atoms with Gasteiger partial charge in [0.2, 0.25) is 0 Å². The van der Waals surface area contributed by atoms with Crippen LogP contribution in [0.25, 0.3) is 0 Å². The van der Waals surface area contributed by atoms with Crippen molar-refractivity contribution in [3.05, 3.63) is 52.8 Å². The molecule has 0 radical (unpaired) electrons. The molecular formula is C20H25N3O3. The van der Waals surface area contributed by atoms with Crippen molar-refractivity contribution in [2.75, 3.05) is 6.54 Å². The first kappa shape index (κ1) is 18.2. The highest BCUT2D eigenvalue weighted by Crippen LogP contribution is 2.31. The van der Waals surface area contributed by atoms with Gasteiger partial charge in [0.1, 0.15) is 0 Å². The van der Waals surface area contributed by atoms with Gasteiger partial charge in [0, 0.05) is 12.2 Å². The van der Waals surface area contributed by atoms with Crippen LogP contribution in [-0.4, -0.2) is 38.2 Å². The van der Waals surface area contributed by atoms with Crippen molar-refractivity contribution in [3.63, 3.8) is 0 Å². The van der Waals surface area contributed by atoms with Crippen LogP contribution in [0.3, 0.4) is 0 Å². The van der Waals surface area contributed by atoms with E-state index in [1.165, 1.54) is 4.90 Å². The van der Waals surface area contributed by atoms with Crippen molar-refractivity contribution in [1.29, 1.82) is 0 Å². The molecule has 1 aromatic carbocycles. The Hall–Kier alpha value is -2.63. The molecule has 1 N–H and O–H groups in total. The van der Waals surface area contributed by atoms with Crippen molar-refractivity contribution in [2.24, 2.45) is 0 Å². The van der Waals surface area contributed by atoms with E-state index in [0.29, 0.717) is 24.2 Å². The van der Waals surface area contributed by atoms with Crippen LogP contribution in [0.2, 0.25) is 0 Å². The number of carboxylic acid groups (broad SMARTS) is 1. The van der Waals surface area contributed by atoms with E-state index in [1.54, 1.807) is 12.1 Å². The fourth-order valence-corrected chi connectivity index (χ4v) is 3.80. The molecule has 0 spiro atoms. The molecule has 1 aliphatic heterocycles. The predicted molar refractivity (Wildman–Crippen MR) is 98.1 cm³/mol. The quantitative estimate of drug-likeness (QED) is 0.892. The maximum absolute atomic E-state index is 13.1. The van der Waals surface area contributed by atoms with E-state index in [-0.39, 0.29) is 11.9 Å². The van der Waals surface area contributed by atoms with Gasteiger partial charge < -0.3 is 10.0 Å². The summed E-state index contributed by atoms with van der Waals surface area (Å²) in [5.74, 6) is -1.33. The zero-order chi connectivity index (χ0) is 18.8. The van der Waals surface area contributed by atoms with Gasteiger partial charge in [0.05, 0.1) is 6.04 Å². The van der Waals surface area contributed by atoms with Crippen molar-refractivity contribution in [1.82, 2.24) is 14.7 Å². The number of benzene rings is 1. The van der Waals surface area contributed by atoms with Gasteiger partial charge >= 0.3 is 5.97 Å². The molecule has 0 saturated heterocycles. The third-order valence-electron chi connectivity index (χ3n) is 5.21. The van der Waals surface area contributed by atoms with E-state index < -0.39 is 12.0 Å². The second kappa shape index (κ2) is 7.32. The normalized spacial score (nSPS) is 16.6. The minimum absolute atomic E-state index is 0.244. The summed E-state index contributed by atoms with van der Waals surface area (Å²) in [6.45, 7) is 6.50. The Morgan fingerprint density at radius 2 is 1.96 bits per heavy atom. The monoisotopic (exact) mass is 355 g/mol. The fourth-order valence-electron chi connectivity index (χ4n) is 3.80. The third kappa shape index (κ3) is 3.11. The highest BCUT2D eigenvalue weighted by atomic mass is 16.4. The van der Waals surface area contributed by atoms with Crippen molar-refractivity contribution in [3.8, 4) is 0 Å². The number of hydrogen-bond donors (Lipinski definition) is 1. The second-order valence-electron chi connectivity index (χ2n) is 6.77. The number of rotatable bonds is 5. The van der Waals surface area contributed by atoms with Gasteiger partial charge in [0.25, 0.3) is 5.91 Å². The van der Waals surface area contributed by atoms with E-state index in [9.17, 15) is 14.7 Å². The van der Waals surface area contributed by atoms with Crippen LogP contribution < -0.4 is 0 Å². The molecule has 2 aromatic rings. The summed E-state index contributed by atoms with van der Waals surface area (Å²) in [4.78, 5) is 26.4. The van der Waals surface area contributed by atoms with Crippen molar-refractivity contribution in [2.45, 2.75) is 52.1 Å². The van der Waals surface area contributed by atoms with Crippen molar-refractivity contribution < 1.29 is 14.7 Å². The van der Waals surface area contributed by atoms with Gasteiger partial charge in [-0.05, 0) is 43.4 Å². The van der Waals surface area contributed by atoms with Crippen LogP contribution in [0.15, 0.2) is 30.3 Å². The molecule has 1 atom stereocenters. The van der Waals surface area contributed by atoms with E-state index in [0.717, 1.165) is 24.1 Å². The minimum atomic E-state index is -1.01. The average molecular weight is 355 g/mol. The zero-order valence-corrected chi connectivity index (χ0v) is 15.5. The van der Waals surface area contributed by atoms with Crippen LogP contribution in [0.5, 0.6) is 0 Å². The van der Waals surface area contributed by atoms with Crippen LogP contribution in [0.4, 0.5) is 0 Å². The Kier molecular flexibility index (Phi) is 5.11. The molecule has 6 heteroatoms. The molecule has 3 rings (SSSR count). The van der Waals surface area contributed by atoms with Crippen LogP contribution in [-0.2, 0) is 11.2 Å². The van der Waals surface area contributed by atoms with E-state index in [4.69, 9.17) is 0 Å². The number of aromatic nitrogens is 2.